The summed E-state index contributed by atoms with van der Waals surface area (Å²) in [4.78, 5) is 18.4. The fourth-order valence-corrected chi connectivity index (χ4v) is 2.29. The maximum absolute atomic E-state index is 11.6. The van der Waals surface area contributed by atoms with Crippen LogP contribution in [0.1, 0.15) is 42.4 Å². The zero-order chi connectivity index (χ0) is 15.5. The molecule has 1 aliphatic rings. The molecule has 0 amide bonds. The van der Waals surface area contributed by atoms with Crippen LogP contribution in [0.4, 0.5) is 5.82 Å². The SMILES string of the molecule is CCOC(=O)c1cn(C(C)c2ccc(N3CCC3)nc2)nn1. The molecule has 3 heterocycles. The third-order valence-corrected chi connectivity index (χ3v) is 3.82. The number of hydrogen-bond donors (Lipinski definition) is 0. The quantitative estimate of drug-likeness (QED) is 0.782. The van der Waals surface area contributed by atoms with E-state index in [0.717, 1.165) is 24.5 Å². The van der Waals surface area contributed by atoms with Crippen molar-refractivity contribution < 1.29 is 9.53 Å². The van der Waals surface area contributed by atoms with E-state index >= 15 is 0 Å². The van der Waals surface area contributed by atoms with Crippen LogP contribution in [0.5, 0.6) is 0 Å². The molecule has 3 rings (SSSR count). The number of esters is 1. The normalized spacial score (nSPS) is 15.3. The van der Waals surface area contributed by atoms with E-state index in [1.807, 2.05) is 25.3 Å². The van der Waals surface area contributed by atoms with Crippen LogP contribution in [-0.4, -0.2) is 45.6 Å². The van der Waals surface area contributed by atoms with E-state index in [2.05, 4.69) is 20.2 Å². The van der Waals surface area contributed by atoms with Gasteiger partial charge in [-0.2, -0.15) is 0 Å². The van der Waals surface area contributed by atoms with Crippen LogP contribution >= 0.6 is 0 Å². The highest BCUT2D eigenvalue weighted by molar-refractivity contribution is 5.86. The topological polar surface area (TPSA) is 73.1 Å². The number of aromatic nitrogens is 4. The zero-order valence-electron chi connectivity index (χ0n) is 12.8. The standard InChI is InChI=1S/C15H19N5O2/c1-3-22-15(21)13-10-20(18-17-13)11(2)12-5-6-14(16-9-12)19-7-4-8-19/h5-6,9-11H,3-4,7-8H2,1-2H3. The van der Waals surface area contributed by atoms with Crippen molar-refractivity contribution in [1.82, 2.24) is 20.0 Å². The number of pyridine rings is 1. The van der Waals surface area contributed by atoms with E-state index in [1.165, 1.54) is 6.42 Å². The van der Waals surface area contributed by atoms with Gasteiger partial charge in [0.25, 0.3) is 0 Å². The van der Waals surface area contributed by atoms with Gasteiger partial charge in [-0.15, -0.1) is 5.10 Å². The molecule has 1 fully saturated rings. The Bertz CT molecular complexity index is 648. The summed E-state index contributed by atoms with van der Waals surface area (Å²) in [6, 6.07) is 4.01. The molecular formula is C15H19N5O2. The number of carbonyl (C=O) groups excluding carboxylic acids is 1. The molecule has 1 atom stereocenters. The van der Waals surface area contributed by atoms with Crippen LogP contribution in [0.25, 0.3) is 0 Å². The van der Waals surface area contributed by atoms with Crippen molar-refractivity contribution in [1.29, 1.82) is 0 Å². The average Bonchev–Trinajstić information content (AvgIpc) is 2.96. The smallest absolute Gasteiger partial charge is 0.360 e. The first kappa shape index (κ1) is 14.5. The van der Waals surface area contributed by atoms with Gasteiger partial charge in [-0.1, -0.05) is 11.3 Å². The molecule has 1 saturated heterocycles. The highest BCUT2D eigenvalue weighted by atomic mass is 16.5. The summed E-state index contributed by atoms with van der Waals surface area (Å²) in [6.07, 6.45) is 4.69. The Morgan fingerprint density at radius 1 is 1.41 bits per heavy atom. The van der Waals surface area contributed by atoms with E-state index < -0.39 is 5.97 Å². The van der Waals surface area contributed by atoms with Crippen molar-refractivity contribution in [3.8, 4) is 0 Å². The Morgan fingerprint density at radius 2 is 2.23 bits per heavy atom. The molecule has 1 unspecified atom stereocenters. The van der Waals surface area contributed by atoms with Crippen molar-refractivity contribution in [2.45, 2.75) is 26.3 Å². The van der Waals surface area contributed by atoms with Crippen molar-refractivity contribution in [3.05, 3.63) is 35.8 Å². The van der Waals surface area contributed by atoms with Gasteiger partial charge in [0, 0.05) is 19.3 Å². The number of hydrogen-bond acceptors (Lipinski definition) is 6. The van der Waals surface area contributed by atoms with Gasteiger partial charge < -0.3 is 9.64 Å². The largest absolute Gasteiger partial charge is 0.461 e. The van der Waals surface area contributed by atoms with Crippen LogP contribution in [0.15, 0.2) is 24.5 Å². The van der Waals surface area contributed by atoms with Gasteiger partial charge in [-0.05, 0) is 31.9 Å². The average molecular weight is 301 g/mol. The molecule has 0 saturated carbocycles. The molecule has 0 aliphatic carbocycles. The van der Waals surface area contributed by atoms with Gasteiger partial charge in [-0.3, -0.25) is 0 Å². The summed E-state index contributed by atoms with van der Waals surface area (Å²) in [5.41, 5.74) is 1.24. The molecule has 2 aromatic rings. The second-order valence-corrected chi connectivity index (χ2v) is 5.27. The number of anilines is 1. The third kappa shape index (κ3) is 2.79. The molecule has 7 heteroatoms. The second kappa shape index (κ2) is 6.13. The Balaban J connectivity index is 1.72. The summed E-state index contributed by atoms with van der Waals surface area (Å²) in [5, 5.41) is 7.87. The Morgan fingerprint density at radius 3 is 2.82 bits per heavy atom. The van der Waals surface area contributed by atoms with Gasteiger partial charge in [-0.25, -0.2) is 14.5 Å². The molecule has 22 heavy (non-hydrogen) atoms. The van der Waals surface area contributed by atoms with Gasteiger partial charge in [0.1, 0.15) is 5.82 Å². The van der Waals surface area contributed by atoms with Gasteiger partial charge in [0.05, 0.1) is 18.8 Å². The second-order valence-electron chi connectivity index (χ2n) is 5.27. The number of nitrogens with zero attached hydrogens (tertiary/aromatic N) is 5. The van der Waals surface area contributed by atoms with Crippen LogP contribution in [-0.2, 0) is 4.74 Å². The van der Waals surface area contributed by atoms with Crippen molar-refractivity contribution in [2.24, 2.45) is 0 Å². The van der Waals surface area contributed by atoms with Gasteiger partial charge in [0.2, 0.25) is 0 Å². The lowest BCUT2D eigenvalue weighted by atomic mass is 10.1. The molecule has 0 aromatic carbocycles. The predicted octanol–water partition coefficient (Wildman–Crippen LogP) is 1.67. The highest BCUT2D eigenvalue weighted by Crippen LogP contribution is 2.21. The predicted molar refractivity (Wildman–Crippen MR) is 80.9 cm³/mol. The Hall–Kier alpha value is -2.44. The molecule has 0 N–H and O–H groups in total. The molecule has 1 aliphatic heterocycles. The lowest BCUT2D eigenvalue weighted by Crippen LogP contribution is -2.37. The first-order chi connectivity index (χ1) is 10.7. The van der Waals surface area contributed by atoms with Crippen molar-refractivity contribution in [3.63, 3.8) is 0 Å². The minimum Gasteiger partial charge on any atom is -0.461 e. The summed E-state index contributed by atoms with van der Waals surface area (Å²) >= 11 is 0. The molecule has 116 valence electrons. The zero-order valence-corrected chi connectivity index (χ0v) is 12.8. The molecule has 0 spiro atoms. The monoisotopic (exact) mass is 301 g/mol. The first-order valence-corrected chi connectivity index (χ1v) is 7.49. The fraction of sp³-hybridized carbons (Fsp3) is 0.467. The molecule has 0 bridgehead atoms. The molecule has 7 nitrogen and oxygen atoms in total. The minimum atomic E-state index is -0.452. The Kier molecular flexibility index (Phi) is 4.04. The summed E-state index contributed by atoms with van der Waals surface area (Å²) < 4.78 is 6.56. The first-order valence-electron chi connectivity index (χ1n) is 7.49. The van der Waals surface area contributed by atoms with E-state index in [0.29, 0.717) is 6.61 Å². The van der Waals surface area contributed by atoms with Crippen molar-refractivity contribution >= 4 is 11.8 Å². The van der Waals surface area contributed by atoms with Crippen LogP contribution in [0.3, 0.4) is 0 Å². The number of rotatable bonds is 5. The lowest BCUT2D eigenvalue weighted by molar-refractivity contribution is 0.0519. The Labute approximate surface area is 128 Å². The van der Waals surface area contributed by atoms with Crippen molar-refractivity contribution in [2.75, 3.05) is 24.6 Å². The summed E-state index contributed by atoms with van der Waals surface area (Å²) in [7, 11) is 0. The lowest BCUT2D eigenvalue weighted by Gasteiger charge is -2.32. The van der Waals surface area contributed by atoms with E-state index in [4.69, 9.17) is 4.74 Å². The molecule has 2 aromatic heterocycles. The maximum atomic E-state index is 11.6. The summed E-state index contributed by atoms with van der Waals surface area (Å²) in [6.45, 7) is 6.23. The maximum Gasteiger partial charge on any atom is 0.360 e. The minimum absolute atomic E-state index is 0.0476. The van der Waals surface area contributed by atoms with E-state index in [9.17, 15) is 4.79 Å². The van der Waals surface area contributed by atoms with E-state index in [-0.39, 0.29) is 11.7 Å². The molecular weight excluding hydrogens is 282 g/mol. The van der Waals surface area contributed by atoms with Crippen LogP contribution in [0.2, 0.25) is 0 Å². The summed E-state index contributed by atoms with van der Waals surface area (Å²) in [5.74, 6) is 0.556. The van der Waals surface area contributed by atoms with Gasteiger partial charge >= 0.3 is 5.97 Å². The van der Waals surface area contributed by atoms with E-state index in [1.54, 1.807) is 17.8 Å². The number of ether oxygens (including phenoxy) is 1. The van der Waals surface area contributed by atoms with Crippen LogP contribution < -0.4 is 4.90 Å². The third-order valence-electron chi connectivity index (χ3n) is 3.82. The molecule has 0 radical (unpaired) electrons. The van der Waals surface area contributed by atoms with Crippen LogP contribution in [0, 0.1) is 0 Å². The van der Waals surface area contributed by atoms with Gasteiger partial charge in [0.15, 0.2) is 5.69 Å². The fourth-order valence-electron chi connectivity index (χ4n) is 2.29. The number of carbonyl (C=O) groups is 1. The highest BCUT2D eigenvalue weighted by Gasteiger charge is 2.18.